The second kappa shape index (κ2) is 16.2. The van der Waals surface area contributed by atoms with Gasteiger partial charge in [0.2, 0.25) is 16.8 Å². The van der Waals surface area contributed by atoms with Gasteiger partial charge in [-0.3, -0.25) is 4.55 Å². The van der Waals surface area contributed by atoms with Crippen molar-refractivity contribution in [3.05, 3.63) is 48.0 Å². The van der Waals surface area contributed by atoms with E-state index in [0.29, 0.717) is 35.8 Å². The number of hydrogen-bond donors (Lipinski definition) is 3. The molecule has 0 saturated carbocycles. The van der Waals surface area contributed by atoms with E-state index in [2.05, 4.69) is 9.50 Å². The number of benzene rings is 2. The molecule has 49 heavy (non-hydrogen) atoms. The van der Waals surface area contributed by atoms with Crippen molar-refractivity contribution < 1.29 is 63.9 Å². The fourth-order valence-electron chi connectivity index (χ4n) is 5.74. The summed E-state index contributed by atoms with van der Waals surface area (Å²) < 4.78 is 96.3. The van der Waals surface area contributed by atoms with E-state index in [0.717, 1.165) is 0 Å². The van der Waals surface area contributed by atoms with Crippen LogP contribution in [-0.4, -0.2) is 108 Å². The molecular weight excluding hydrogens is 688 g/mol. The van der Waals surface area contributed by atoms with Crippen LogP contribution >= 0.6 is 0 Å². The molecule has 0 spiro atoms. The summed E-state index contributed by atoms with van der Waals surface area (Å²) in [5.74, 6) is 1.01. The molecule has 18 heteroatoms. The van der Waals surface area contributed by atoms with Crippen LogP contribution in [0.1, 0.15) is 32.3 Å². The first-order valence-corrected chi connectivity index (χ1v) is 18.7. The highest BCUT2D eigenvalue weighted by Gasteiger charge is 2.44. The lowest BCUT2D eigenvalue weighted by Gasteiger charge is -2.31. The fraction of sp³-hybridized carbons (Fsp3) is 0.581. The summed E-state index contributed by atoms with van der Waals surface area (Å²) in [5, 5.41) is 14.3. The average molecular weight is 731 g/mol. The summed E-state index contributed by atoms with van der Waals surface area (Å²) >= 11 is 0. The van der Waals surface area contributed by atoms with Crippen molar-refractivity contribution >= 4 is 26.5 Å². The zero-order valence-corrected chi connectivity index (χ0v) is 28.8. The van der Waals surface area contributed by atoms with E-state index < -0.39 is 51.1 Å². The van der Waals surface area contributed by atoms with Crippen LogP contribution in [0, 0.1) is 11.8 Å². The molecule has 0 aromatic heterocycles. The van der Waals surface area contributed by atoms with Gasteiger partial charge in [-0.25, -0.2) is 17.4 Å². The second-order valence-corrected chi connectivity index (χ2v) is 15.3. The molecule has 0 unspecified atom stereocenters. The molecule has 272 valence electrons. The smallest absolute Gasteiger partial charge is 0.407 e. The Morgan fingerprint density at radius 3 is 2.51 bits per heavy atom. The van der Waals surface area contributed by atoms with Crippen molar-refractivity contribution in [2.45, 2.75) is 62.5 Å². The van der Waals surface area contributed by atoms with Crippen LogP contribution in [-0.2, 0) is 45.2 Å². The molecule has 0 bridgehead atoms. The number of nitrogens with one attached hydrogen (secondary N) is 1. The molecule has 3 aliphatic rings. The van der Waals surface area contributed by atoms with Gasteiger partial charge in [-0.15, -0.1) is 0 Å². The lowest BCUT2D eigenvalue weighted by atomic mass is 10.0. The van der Waals surface area contributed by atoms with E-state index in [1.165, 1.54) is 22.5 Å². The minimum Gasteiger partial charge on any atom is -0.494 e. The van der Waals surface area contributed by atoms with Crippen LogP contribution in [0.2, 0.25) is 0 Å². The van der Waals surface area contributed by atoms with Crippen LogP contribution in [0.4, 0.5) is 4.79 Å². The molecule has 3 aliphatic heterocycles. The Balaban J connectivity index is 1.29. The Bertz CT molecular complexity index is 1640. The number of fused-ring (bicyclic) bond motifs is 2. The molecule has 2 aromatic rings. The first kappa shape index (κ1) is 37.0. The number of sulfonamides is 1. The van der Waals surface area contributed by atoms with E-state index in [1.807, 2.05) is 13.8 Å². The van der Waals surface area contributed by atoms with Gasteiger partial charge in [-0.2, -0.15) is 12.7 Å². The third-order valence-electron chi connectivity index (χ3n) is 8.12. The SMILES string of the molecule is CC(C)CN(C[C@@H](O)[C@H](Cc1ccc(OCCCOS(=O)(=O)O)cc1)NC(=O)O[C@H]1CO[C@H]2OCC[C@H]21)S(=O)(=O)c1ccc2c(c1)OCO2. The number of nitrogens with zero attached hydrogens (tertiary/aromatic N) is 1. The Kier molecular flexibility index (Phi) is 12.2. The number of aliphatic hydroxyl groups excluding tert-OH is 1. The highest BCUT2D eigenvalue weighted by Crippen LogP contribution is 2.35. The minimum atomic E-state index is -4.52. The van der Waals surface area contributed by atoms with Crippen molar-refractivity contribution in [3.63, 3.8) is 0 Å². The van der Waals surface area contributed by atoms with Gasteiger partial charge in [0.1, 0.15) is 11.9 Å². The van der Waals surface area contributed by atoms with Gasteiger partial charge in [0, 0.05) is 25.6 Å². The number of hydrogen-bond acceptors (Lipinski definition) is 13. The number of amides is 1. The Morgan fingerprint density at radius 2 is 1.78 bits per heavy atom. The molecule has 0 aliphatic carbocycles. The molecule has 3 N–H and O–H groups in total. The summed E-state index contributed by atoms with van der Waals surface area (Å²) in [4.78, 5) is 13.2. The number of rotatable bonds is 17. The summed E-state index contributed by atoms with van der Waals surface area (Å²) in [6.07, 6.45) is -2.13. The molecule has 3 heterocycles. The van der Waals surface area contributed by atoms with Crippen LogP contribution < -0.4 is 19.5 Å². The quantitative estimate of drug-likeness (QED) is 0.158. The van der Waals surface area contributed by atoms with Gasteiger partial charge in [0.15, 0.2) is 17.8 Å². The van der Waals surface area contributed by atoms with Crippen LogP contribution in [0.5, 0.6) is 17.2 Å². The van der Waals surface area contributed by atoms with Crippen LogP contribution in [0.15, 0.2) is 47.4 Å². The zero-order valence-electron chi connectivity index (χ0n) is 27.1. The summed E-state index contributed by atoms with van der Waals surface area (Å²) in [7, 11) is -8.64. The van der Waals surface area contributed by atoms with E-state index in [9.17, 15) is 26.7 Å². The molecule has 2 saturated heterocycles. The standard InChI is InChI=1S/C31H42N2O14S2/c1-20(2)16-33(48(36,37)23-8-9-27-28(15-23)45-19-44-27)17-26(34)25(32-31(35)47-29-18-43-30-24(29)10-13-42-30)14-21-4-6-22(7-5-21)41-11-3-12-46-49(38,39)40/h4-9,15,20,24-26,29-30,34H,3,10-14,16-19H2,1-2H3,(H,32,35)(H,38,39,40)/t24-,25-,26+,29-,30+/m0/s1. The lowest BCUT2D eigenvalue weighted by molar-refractivity contribution is -0.0907. The zero-order chi connectivity index (χ0) is 35.2. The first-order valence-electron chi connectivity index (χ1n) is 15.9. The number of aliphatic hydroxyl groups is 1. The highest BCUT2D eigenvalue weighted by molar-refractivity contribution is 7.89. The van der Waals surface area contributed by atoms with Crippen LogP contribution in [0.3, 0.4) is 0 Å². The number of alkyl carbamates (subject to hydrolysis) is 1. The molecule has 2 fully saturated rings. The third-order valence-corrected chi connectivity index (χ3v) is 10.4. The van der Waals surface area contributed by atoms with Crippen molar-refractivity contribution in [1.82, 2.24) is 9.62 Å². The predicted molar refractivity (Wildman–Crippen MR) is 171 cm³/mol. The van der Waals surface area contributed by atoms with E-state index in [1.54, 1.807) is 24.3 Å². The van der Waals surface area contributed by atoms with Gasteiger partial charge in [0.25, 0.3) is 0 Å². The molecule has 5 rings (SSSR count). The van der Waals surface area contributed by atoms with Gasteiger partial charge in [0.05, 0.1) is 49.4 Å². The average Bonchev–Trinajstić information content (AvgIpc) is 3.79. The Morgan fingerprint density at radius 1 is 1.02 bits per heavy atom. The number of carbonyl (C=O) groups excluding carboxylic acids is 1. The third kappa shape index (κ3) is 10.2. The Hall–Kier alpha value is -3.23. The monoisotopic (exact) mass is 730 g/mol. The maximum Gasteiger partial charge on any atom is 0.407 e. The predicted octanol–water partition coefficient (Wildman–Crippen LogP) is 2.11. The maximum atomic E-state index is 13.9. The number of carbonyl (C=O) groups is 1. The van der Waals surface area contributed by atoms with Crippen molar-refractivity contribution in [2.75, 3.05) is 46.3 Å². The molecule has 1 amide bonds. The first-order chi connectivity index (χ1) is 23.3. The minimum absolute atomic E-state index is 0.0166. The normalized spacial score (nSPS) is 21.5. The lowest BCUT2D eigenvalue weighted by Crippen LogP contribution is -2.51. The fourth-order valence-corrected chi connectivity index (χ4v) is 7.71. The molecular formula is C31H42N2O14S2. The molecule has 16 nitrogen and oxygen atoms in total. The topological polar surface area (TPSA) is 206 Å². The van der Waals surface area contributed by atoms with Crippen LogP contribution in [0.25, 0.3) is 0 Å². The van der Waals surface area contributed by atoms with E-state index in [-0.39, 0.29) is 69.3 Å². The molecule has 5 atom stereocenters. The summed E-state index contributed by atoms with van der Waals surface area (Å²) in [5.41, 5.74) is 0.689. The molecule has 0 radical (unpaired) electrons. The highest BCUT2D eigenvalue weighted by atomic mass is 32.3. The van der Waals surface area contributed by atoms with Gasteiger partial charge < -0.3 is 38.8 Å². The van der Waals surface area contributed by atoms with Gasteiger partial charge in [-0.05, 0) is 48.6 Å². The summed E-state index contributed by atoms with van der Waals surface area (Å²) in [6.45, 7) is 3.99. The Labute approximate surface area is 285 Å². The van der Waals surface area contributed by atoms with Crippen molar-refractivity contribution in [1.29, 1.82) is 0 Å². The molecule has 2 aromatic carbocycles. The maximum absolute atomic E-state index is 13.9. The largest absolute Gasteiger partial charge is 0.494 e. The van der Waals surface area contributed by atoms with Crippen molar-refractivity contribution in [3.8, 4) is 17.2 Å². The van der Waals surface area contributed by atoms with Gasteiger partial charge in [-0.1, -0.05) is 26.0 Å². The van der Waals surface area contributed by atoms with Crippen molar-refractivity contribution in [2.24, 2.45) is 11.8 Å². The van der Waals surface area contributed by atoms with E-state index in [4.69, 9.17) is 33.0 Å². The van der Waals surface area contributed by atoms with E-state index >= 15 is 0 Å². The summed E-state index contributed by atoms with van der Waals surface area (Å²) in [6, 6.07) is 10.1. The number of ether oxygens (including phenoxy) is 6. The van der Waals surface area contributed by atoms with Gasteiger partial charge >= 0.3 is 16.5 Å². The second-order valence-electron chi connectivity index (χ2n) is 12.3.